The number of amides is 1. The molecule has 3 aromatic rings. The lowest BCUT2D eigenvalue weighted by Crippen LogP contribution is -2.47. The van der Waals surface area contributed by atoms with Crippen LogP contribution in [0.15, 0.2) is 33.9 Å². The van der Waals surface area contributed by atoms with Crippen molar-refractivity contribution in [3.63, 3.8) is 0 Å². The molecule has 0 spiro atoms. The van der Waals surface area contributed by atoms with Crippen LogP contribution in [0.5, 0.6) is 0 Å². The van der Waals surface area contributed by atoms with Gasteiger partial charge in [0.05, 0.1) is 26.6 Å². The molecule has 0 saturated carbocycles. The Bertz CT molecular complexity index is 1290. The van der Waals surface area contributed by atoms with Crippen molar-refractivity contribution in [1.82, 2.24) is 24.1 Å². The van der Waals surface area contributed by atoms with Crippen LogP contribution in [-0.2, 0) is 11.3 Å². The normalized spacial score (nSPS) is 14.9. The molecule has 170 valence electrons. The van der Waals surface area contributed by atoms with Crippen LogP contribution in [0.25, 0.3) is 16.6 Å². The van der Waals surface area contributed by atoms with Crippen molar-refractivity contribution >= 4 is 40.0 Å². The molecule has 0 aliphatic carbocycles. The summed E-state index contributed by atoms with van der Waals surface area (Å²) in [7, 11) is 2.04. The number of hydrogen-bond donors (Lipinski definition) is 1. The summed E-state index contributed by atoms with van der Waals surface area (Å²) < 4.78 is 3.04. The van der Waals surface area contributed by atoms with Gasteiger partial charge in [0.25, 0.3) is 11.1 Å². The van der Waals surface area contributed by atoms with E-state index >= 15 is 0 Å². The monoisotopic (exact) mass is 477 g/mol. The number of pyridine rings is 1. The van der Waals surface area contributed by atoms with Crippen molar-refractivity contribution in [1.29, 1.82) is 0 Å². The van der Waals surface area contributed by atoms with Gasteiger partial charge in [0.2, 0.25) is 5.91 Å². The van der Waals surface area contributed by atoms with Crippen molar-refractivity contribution in [3.8, 4) is 5.69 Å². The highest BCUT2D eigenvalue weighted by Crippen LogP contribution is 2.29. The molecule has 1 aliphatic heterocycles. The number of benzene rings is 1. The third-order valence-electron chi connectivity index (χ3n) is 6.03. The Kier molecular flexibility index (Phi) is 6.46. The molecule has 2 aromatic heterocycles. The lowest BCUT2D eigenvalue weighted by Gasteiger charge is -2.32. The SMILES string of the molecule is Cc1c2c(=O)[nH]n(-c3cccc(Cl)c3Cl)c2cc(=O)n1CCCC(=O)N1CCN(C)CC1. The van der Waals surface area contributed by atoms with E-state index in [1.165, 1.54) is 10.7 Å². The van der Waals surface area contributed by atoms with Gasteiger partial charge in [0.1, 0.15) is 0 Å². The van der Waals surface area contributed by atoms with Crippen LogP contribution in [0.3, 0.4) is 0 Å². The van der Waals surface area contributed by atoms with E-state index in [-0.39, 0.29) is 22.0 Å². The van der Waals surface area contributed by atoms with Crippen molar-refractivity contribution in [3.05, 3.63) is 60.7 Å². The zero-order valence-electron chi connectivity index (χ0n) is 18.0. The number of nitrogens with zero attached hydrogens (tertiary/aromatic N) is 4. The highest BCUT2D eigenvalue weighted by molar-refractivity contribution is 6.43. The summed E-state index contributed by atoms with van der Waals surface area (Å²) in [5.41, 5.74) is 0.911. The fourth-order valence-electron chi connectivity index (χ4n) is 4.16. The third kappa shape index (κ3) is 4.22. The van der Waals surface area contributed by atoms with Crippen LogP contribution in [-0.4, -0.2) is 63.3 Å². The number of aromatic amines is 1. The first kappa shape index (κ1) is 22.6. The lowest BCUT2D eigenvalue weighted by molar-refractivity contribution is -0.132. The topological polar surface area (TPSA) is 83.3 Å². The number of piperazine rings is 1. The van der Waals surface area contributed by atoms with E-state index in [2.05, 4.69) is 10.00 Å². The van der Waals surface area contributed by atoms with Crippen LogP contribution < -0.4 is 11.1 Å². The van der Waals surface area contributed by atoms with E-state index in [0.717, 1.165) is 26.2 Å². The van der Waals surface area contributed by atoms with E-state index in [9.17, 15) is 14.4 Å². The van der Waals surface area contributed by atoms with Gasteiger partial charge >= 0.3 is 0 Å². The second kappa shape index (κ2) is 9.13. The highest BCUT2D eigenvalue weighted by Gasteiger charge is 2.20. The number of H-pyrrole nitrogens is 1. The summed E-state index contributed by atoms with van der Waals surface area (Å²) in [4.78, 5) is 42.2. The summed E-state index contributed by atoms with van der Waals surface area (Å²) in [5.74, 6) is 0.101. The molecule has 1 amide bonds. The number of carbonyl (C=O) groups is 1. The van der Waals surface area contributed by atoms with E-state index in [0.29, 0.717) is 46.7 Å². The molecule has 1 N–H and O–H groups in total. The van der Waals surface area contributed by atoms with Gasteiger partial charge < -0.3 is 14.4 Å². The van der Waals surface area contributed by atoms with Crippen molar-refractivity contribution < 1.29 is 4.79 Å². The van der Waals surface area contributed by atoms with Gasteiger partial charge in [-0.2, -0.15) is 0 Å². The average Bonchev–Trinajstić information content (AvgIpc) is 3.08. The number of aryl methyl sites for hydroxylation is 1. The minimum absolute atomic E-state index is 0.101. The molecule has 8 nitrogen and oxygen atoms in total. The number of likely N-dealkylation sites (N-methyl/N-ethyl adjacent to an activating group) is 1. The number of carbonyl (C=O) groups excluding carboxylic acids is 1. The van der Waals surface area contributed by atoms with Gasteiger partial charge in [-0.05, 0) is 32.5 Å². The van der Waals surface area contributed by atoms with Gasteiger partial charge in [0, 0.05) is 50.9 Å². The first-order valence-corrected chi connectivity index (χ1v) is 11.3. The predicted octanol–water partition coefficient (Wildman–Crippen LogP) is 2.65. The molecule has 0 bridgehead atoms. The fourth-order valence-corrected chi connectivity index (χ4v) is 4.54. The number of halogens is 2. The molecule has 1 fully saturated rings. The Morgan fingerprint density at radius 3 is 2.56 bits per heavy atom. The maximum absolute atomic E-state index is 12.9. The average molecular weight is 478 g/mol. The Morgan fingerprint density at radius 1 is 1.12 bits per heavy atom. The number of fused-ring (bicyclic) bond motifs is 1. The van der Waals surface area contributed by atoms with E-state index in [1.54, 1.807) is 29.7 Å². The van der Waals surface area contributed by atoms with Gasteiger partial charge in [-0.3, -0.25) is 24.2 Å². The molecule has 32 heavy (non-hydrogen) atoms. The molecule has 1 aromatic carbocycles. The van der Waals surface area contributed by atoms with Gasteiger partial charge in [0.15, 0.2) is 0 Å². The van der Waals surface area contributed by atoms with Crippen LogP contribution in [0.2, 0.25) is 10.0 Å². The van der Waals surface area contributed by atoms with Crippen molar-refractivity contribution in [2.45, 2.75) is 26.3 Å². The molecule has 4 rings (SSSR count). The number of hydrogen-bond acceptors (Lipinski definition) is 4. The summed E-state index contributed by atoms with van der Waals surface area (Å²) in [5, 5.41) is 3.80. The van der Waals surface area contributed by atoms with E-state index in [4.69, 9.17) is 23.2 Å². The zero-order valence-corrected chi connectivity index (χ0v) is 19.5. The molecular formula is C22H25Cl2N5O3. The summed E-state index contributed by atoms with van der Waals surface area (Å²) in [6.45, 7) is 5.31. The van der Waals surface area contributed by atoms with Gasteiger partial charge in [-0.15, -0.1) is 0 Å². The molecule has 1 aliphatic rings. The molecule has 0 radical (unpaired) electrons. The molecular weight excluding hydrogens is 453 g/mol. The molecule has 0 atom stereocenters. The summed E-state index contributed by atoms with van der Waals surface area (Å²) in [6.07, 6.45) is 0.888. The Hall–Kier alpha value is -2.55. The van der Waals surface area contributed by atoms with Crippen LogP contribution in [0, 0.1) is 6.92 Å². The molecule has 3 heterocycles. The number of nitrogens with one attached hydrogen (secondary N) is 1. The molecule has 0 unspecified atom stereocenters. The largest absolute Gasteiger partial charge is 0.340 e. The number of rotatable bonds is 5. The quantitative estimate of drug-likeness (QED) is 0.612. The Morgan fingerprint density at radius 2 is 1.84 bits per heavy atom. The minimum atomic E-state index is -0.323. The standard InChI is InChI=1S/C22H25Cl2N5O3/c1-14-20-17(29(25-22(20)32)16-6-3-5-15(23)21(16)24)13-19(31)28(14)8-4-7-18(30)27-11-9-26(2)10-12-27/h3,5-6,13H,4,7-12H2,1-2H3,(H,25,32). The second-order valence-corrected chi connectivity index (χ2v) is 8.90. The lowest BCUT2D eigenvalue weighted by atomic mass is 10.2. The minimum Gasteiger partial charge on any atom is -0.340 e. The second-order valence-electron chi connectivity index (χ2n) is 8.12. The maximum atomic E-state index is 12.9. The predicted molar refractivity (Wildman–Crippen MR) is 126 cm³/mol. The Labute approximate surface area is 194 Å². The van der Waals surface area contributed by atoms with Crippen LogP contribution in [0.1, 0.15) is 18.5 Å². The number of aromatic nitrogens is 3. The first-order chi connectivity index (χ1) is 15.3. The van der Waals surface area contributed by atoms with Crippen LogP contribution >= 0.6 is 23.2 Å². The highest BCUT2D eigenvalue weighted by atomic mass is 35.5. The summed E-state index contributed by atoms with van der Waals surface area (Å²) >= 11 is 12.4. The third-order valence-corrected chi connectivity index (χ3v) is 6.84. The van der Waals surface area contributed by atoms with Crippen molar-refractivity contribution in [2.75, 3.05) is 33.2 Å². The summed E-state index contributed by atoms with van der Waals surface area (Å²) in [6, 6.07) is 6.51. The smallest absolute Gasteiger partial charge is 0.274 e. The first-order valence-electron chi connectivity index (χ1n) is 10.5. The van der Waals surface area contributed by atoms with Crippen LogP contribution in [0.4, 0.5) is 0 Å². The maximum Gasteiger partial charge on any atom is 0.274 e. The van der Waals surface area contributed by atoms with E-state index in [1.807, 2.05) is 11.9 Å². The zero-order chi connectivity index (χ0) is 23.0. The van der Waals surface area contributed by atoms with Crippen molar-refractivity contribution in [2.24, 2.45) is 0 Å². The molecule has 10 heteroatoms. The molecule has 1 saturated heterocycles. The Balaban J connectivity index is 1.59. The van der Waals surface area contributed by atoms with Gasteiger partial charge in [-0.1, -0.05) is 29.3 Å². The fraction of sp³-hybridized carbons (Fsp3) is 0.409. The van der Waals surface area contributed by atoms with Gasteiger partial charge in [-0.25, -0.2) is 0 Å². The van der Waals surface area contributed by atoms with E-state index < -0.39 is 0 Å².